The largest absolute Gasteiger partial charge is 0.484 e. The molecule has 2 aliphatic heterocycles. The van der Waals surface area contributed by atoms with E-state index in [0.29, 0.717) is 31.7 Å². The van der Waals surface area contributed by atoms with Crippen molar-refractivity contribution >= 4 is 17.7 Å². The van der Waals surface area contributed by atoms with Crippen molar-refractivity contribution in [1.82, 2.24) is 9.80 Å². The molecule has 0 aliphatic carbocycles. The smallest absolute Gasteiger partial charge is 0.260 e. The minimum Gasteiger partial charge on any atom is -0.484 e. The van der Waals surface area contributed by atoms with E-state index < -0.39 is 0 Å². The number of para-hydroxylation sites is 1. The molecule has 0 unspecified atom stereocenters. The number of carbonyl (C=O) groups is 3. The van der Waals surface area contributed by atoms with Crippen LogP contribution in [-0.2, 0) is 14.4 Å². The first-order valence-electron chi connectivity index (χ1n) is 7.37. The van der Waals surface area contributed by atoms with Crippen molar-refractivity contribution in [2.45, 2.75) is 25.8 Å². The van der Waals surface area contributed by atoms with Crippen LogP contribution in [0.2, 0.25) is 0 Å². The fourth-order valence-corrected chi connectivity index (χ4v) is 2.77. The van der Waals surface area contributed by atoms with Crippen molar-refractivity contribution < 1.29 is 19.1 Å². The van der Waals surface area contributed by atoms with Crippen LogP contribution < -0.4 is 4.74 Å². The van der Waals surface area contributed by atoms with Crippen molar-refractivity contribution in [2.24, 2.45) is 0 Å². The van der Waals surface area contributed by atoms with Crippen LogP contribution in [0.15, 0.2) is 24.3 Å². The number of aryl methyl sites for hydroxylation is 1. The van der Waals surface area contributed by atoms with E-state index in [1.165, 1.54) is 4.90 Å². The molecule has 0 aromatic heterocycles. The third kappa shape index (κ3) is 2.68. The van der Waals surface area contributed by atoms with E-state index >= 15 is 0 Å². The molecular formula is C16H18N2O4. The molecule has 0 N–H and O–H groups in total. The molecule has 3 rings (SSSR count). The van der Waals surface area contributed by atoms with E-state index in [0.717, 1.165) is 5.56 Å². The minimum atomic E-state index is -0.162. The lowest BCUT2D eigenvalue weighted by molar-refractivity contribution is -0.152. The summed E-state index contributed by atoms with van der Waals surface area (Å²) in [5.74, 6) is 0.313. The van der Waals surface area contributed by atoms with E-state index in [2.05, 4.69) is 0 Å². The Balaban J connectivity index is 1.49. The number of imide groups is 1. The van der Waals surface area contributed by atoms with Crippen molar-refractivity contribution in [3.63, 3.8) is 0 Å². The van der Waals surface area contributed by atoms with E-state index in [1.54, 1.807) is 4.90 Å². The first kappa shape index (κ1) is 14.6. The van der Waals surface area contributed by atoms with E-state index in [9.17, 15) is 14.4 Å². The van der Waals surface area contributed by atoms with Gasteiger partial charge in [0.15, 0.2) is 6.61 Å². The lowest BCUT2D eigenvalue weighted by atomic mass is 10.1. The van der Waals surface area contributed by atoms with Gasteiger partial charge in [0.25, 0.3) is 5.91 Å². The summed E-state index contributed by atoms with van der Waals surface area (Å²) in [6.45, 7) is 2.71. The monoisotopic (exact) mass is 302 g/mol. The molecule has 6 nitrogen and oxygen atoms in total. The van der Waals surface area contributed by atoms with E-state index in [4.69, 9.17) is 4.74 Å². The molecule has 2 heterocycles. The van der Waals surface area contributed by atoms with Crippen molar-refractivity contribution in [3.05, 3.63) is 29.8 Å². The van der Waals surface area contributed by atoms with Crippen LogP contribution in [0, 0.1) is 6.92 Å². The van der Waals surface area contributed by atoms with Gasteiger partial charge in [-0.05, 0) is 18.6 Å². The highest BCUT2D eigenvalue weighted by atomic mass is 16.5. The molecule has 0 spiro atoms. The van der Waals surface area contributed by atoms with E-state index in [1.807, 2.05) is 31.2 Å². The number of benzene rings is 1. The summed E-state index contributed by atoms with van der Waals surface area (Å²) in [6.07, 6.45) is 0.583. The van der Waals surface area contributed by atoms with Gasteiger partial charge in [-0.2, -0.15) is 0 Å². The highest BCUT2D eigenvalue weighted by Gasteiger charge is 2.42. The van der Waals surface area contributed by atoms with Crippen LogP contribution in [0.1, 0.15) is 18.4 Å². The maximum Gasteiger partial charge on any atom is 0.260 e. The van der Waals surface area contributed by atoms with Gasteiger partial charge in [0.1, 0.15) is 5.75 Å². The zero-order valence-electron chi connectivity index (χ0n) is 12.4. The molecule has 0 radical (unpaired) electrons. The predicted octanol–water partition coefficient (Wildman–Crippen LogP) is 0.734. The Kier molecular flexibility index (Phi) is 3.83. The second-order valence-corrected chi connectivity index (χ2v) is 5.66. The maximum atomic E-state index is 12.0. The third-order valence-electron chi connectivity index (χ3n) is 4.11. The Morgan fingerprint density at radius 2 is 1.82 bits per heavy atom. The van der Waals surface area contributed by atoms with Crippen LogP contribution in [0.3, 0.4) is 0 Å². The Hall–Kier alpha value is -2.37. The summed E-state index contributed by atoms with van der Waals surface area (Å²) in [4.78, 5) is 38.2. The predicted molar refractivity (Wildman–Crippen MR) is 78.1 cm³/mol. The molecule has 0 bridgehead atoms. The van der Waals surface area contributed by atoms with Crippen molar-refractivity contribution in [1.29, 1.82) is 0 Å². The molecule has 116 valence electrons. The van der Waals surface area contributed by atoms with Gasteiger partial charge in [-0.3, -0.25) is 19.3 Å². The third-order valence-corrected chi connectivity index (χ3v) is 4.11. The normalized spacial score (nSPS) is 18.6. The summed E-state index contributed by atoms with van der Waals surface area (Å²) in [5.41, 5.74) is 0.977. The second kappa shape index (κ2) is 5.79. The molecule has 0 atom stereocenters. The minimum absolute atomic E-state index is 0.0283. The lowest BCUT2D eigenvalue weighted by Crippen LogP contribution is -2.62. The summed E-state index contributed by atoms with van der Waals surface area (Å²) in [6, 6.07) is 7.35. The molecule has 6 heteroatoms. The summed E-state index contributed by atoms with van der Waals surface area (Å²) < 4.78 is 5.52. The van der Waals surface area contributed by atoms with Gasteiger partial charge in [0.05, 0.1) is 6.04 Å². The SMILES string of the molecule is Cc1ccccc1OCC(=O)N1CC(N2C(=O)CCC2=O)C1. The number of carbonyl (C=O) groups excluding carboxylic acids is 3. The Labute approximate surface area is 128 Å². The standard InChI is InChI=1S/C16H18N2O4/c1-11-4-2-3-5-13(11)22-10-16(21)17-8-12(9-17)18-14(19)6-7-15(18)20/h2-5,12H,6-10H2,1H3. The molecule has 0 saturated carbocycles. The molecule has 1 aromatic carbocycles. The first-order valence-corrected chi connectivity index (χ1v) is 7.37. The number of amides is 3. The van der Waals surface area contributed by atoms with Crippen molar-refractivity contribution in [3.8, 4) is 5.75 Å². The molecule has 3 amide bonds. The average molecular weight is 302 g/mol. The second-order valence-electron chi connectivity index (χ2n) is 5.66. The average Bonchev–Trinajstić information content (AvgIpc) is 2.77. The molecular weight excluding hydrogens is 284 g/mol. The Morgan fingerprint density at radius 1 is 1.18 bits per heavy atom. The fourth-order valence-electron chi connectivity index (χ4n) is 2.77. The van der Waals surface area contributed by atoms with Gasteiger partial charge >= 0.3 is 0 Å². The van der Waals surface area contributed by atoms with Crippen LogP contribution in [0.5, 0.6) is 5.75 Å². The van der Waals surface area contributed by atoms with Crippen LogP contribution in [0.25, 0.3) is 0 Å². The molecule has 1 aromatic rings. The van der Waals surface area contributed by atoms with Gasteiger partial charge in [-0.1, -0.05) is 18.2 Å². The van der Waals surface area contributed by atoms with Crippen LogP contribution in [-0.4, -0.2) is 53.3 Å². The molecule has 2 aliphatic rings. The molecule has 22 heavy (non-hydrogen) atoms. The Morgan fingerprint density at radius 3 is 2.45 bits per heavy atom. The maximum absolute atomic E-state index is 12.0. The number of hydrogen-bond acceptors (Lipinski definition) is 4. The van der Waals surface area contributed by atoms with Gasteiger partial charge in [-0.25, -0.2) is 0 Å². The quantitative estimate of drug-likeness (QED) is 0.769. The zero-order chi connectivity index (χ0) is 15.7. The van der Waals surface area contributed by atoms with Gasteiger partial charge in [0.2, 0.25) is 11.8 Å². The number of rotatable bonds is 4. The van der Waals surface area contributed by atoms with Crippen molar-refractivity contribution in [2.75, 3.05) is 19.7 Å². The molecule has 2 fully saturated rings. The zero-order valence-corrected chi connectivity index (χ0v) is 12.4. The highest BCUT2D eigenvalue weighted by Crippen LogP contribution is 2.23. The number of ether oxygens (including phenoxy) is 1. The Bertz CT molecular complexity index is 606. The number of hydrogen-bond donors (Lipinski definition) is 0. The van der Waals surface area contributed by atoms with Crippen LogP contribution in [0.4, 0.5) is 0 Å². The van der Waals surface area contributed by atoms with Gasteiger partial charge in [0, 0.05) is 25.9 Å². The topological polar surface area (TPSA) is 66.9 Å². The highest BCUT2D eigenvalue weighted by molar-refractivity contribution is 6.02. The fraction of sp³-hybridized carbons (Fsp3) is 0.438. The van der Waals surface area contributed by atoms with E-state index in [-0.39, 0.29) is 30.4 Å². The number of nitrogens with zero attached hydrogens (tertiary/aromatic N) is 2. The van der Waals surface area contributed by atoms with Crippen LogP contribution >= 0.6 is 0 Å². The lowest BCUT2D eigenvalue weighted by Gasteiger charge is -2.42. The molecule has 2 saturated heterocycles. The van der Waals surface area contributed by atoms with Gasteiger partial charge in [-0.15, -0.1) is 0 Å². The first-order chi connectivity index (χ1) is 10.6. The summed E-state index contributed by atoms with van der Waals surface area (Å²) in [5, 5.41) is 0. The summed E-state index contributed by atoms with van der Waals surface area (Å²) in [7, 11) is 0. The summed E-state index contributed by atoms with van der Waals surface area (Å²) >= 11 is 0. The van der Waals surface area contributed by atoms with Gasteiger partial charge < -0.3 is 9.64 Å². The number of likely N-dealkylation sites (tertiary alicyclic amines) is 2.